The Bertz CT molecular complexity index is 1130. The van der Waals surface area contributed by atoms with Gasteiger partial charge in [0.05, 0.1) is 30.1 Å². The van der Waals surface area contributed by atoms with Crippen molar-refractivity contribution in [3.8, 4) is 0 Å². The summed E-state index contributed by atoms with van der Waals surface area (Å²) in [5, 5.41) is 21.3. The lowest BCUT2D eigenvalue weighted by molar-refractivity contribution is -0.147. The van der Waals surface area contributed by atoms with Crippen molar-refractivity contribution in [2.24, 2.45) is 10.5 Å². The summed E-state index contributed by atoms with van der Waals surface area (Å²) in [6, 6.07) is 12.1. The van der Waals surface area contributed by atoms with Gasteiger partial charge >= 0.3 is 12.0 Å². The molecule has 2 aliphatic heterocycles. The first-order valence-electron chi connectivity index (χ1n) is 12.1. The number of likely N-dealkylation sites (tertiary alicyclic amines) is 1. The van der Waals surface area contributed by atoms with Gasteiger partial charge in [-0.1, -0.05) is 24.3 Å². The molecule has 0 radical (unpaired) electrons. The standard InChI is InChI=1S/C26H32N6O4/c1-26(2,24(34)35)17-31-14-12-20(30-31)21-9-6-13-32(21)23(33)15-18-10-11-22(27-16-18)29-25(36)28-19-7-4-3-5-8-19/h3-5,7-8,10-11,16,21H,6,9,12-15,17H2,1-2H3,(H,34,35)(H2,27,28,29,36). The summed E-state index contributed by atoms with van der Waals surface area (Å²) in [5.74, 6) is -0.451. The van der Waals surface area contributed by atoms with E-state index < -0.39 is 17.4 Å². The highest BCUT2D eigenvalue weighted by Gasteiger charge is 2.36. The summed E-state index contributed by atoms with van der Waals surface area (Å²) >= 11 is 0. The molecule has 2 aromatic rings. The fourth-order valence-electron chi connectivity index (χ4n) is 4.49. The topological polar surface area (TPSA) is 127 Å². The minimum Gasteiger partial charge on any atom is -0.481 e. The zero-order valence-corrected chi connectivity index (χ0v) is 20.6. The van der Waals surface area contributed by atoms with Crippen LogP contribution in [0.5, 0.6) is 0 Å². The van der Waals surface area contributed by atoms with Gasteiger partial charge in [-0.3, -0.25) is 19.9 Å². The van der Waals surface area contributed by atoms with Gasteiger partial charge in [-0.25, -0.2) is 9.78 Å². The first-order chi connectivity index (χ1) is 17.2. The smallest absolute Gasteiger partial charge is 0.324 e. The van der Waals surface area contributed by atoms with E-state index >= 15 is 0 Å². The van der Waals surface area contributed by atoms with E-state index in [0.717, 1.165) is 30.5 Å². The number of carbonyl (C=O) groups excluding carboxylic acids is 2. The molecule has 1 aromatic carbocycles. The zero-order chi connectivity index (χ0) is 25.7. The number of nitrogens with one attached hydrogen (secondary N) is 2. The lowest BCUT2D eigenvalue weighted by atomic mass is 9.94. The van der Waals surface area contributed by atoms with Crippen LogP contribution in [0.2, 0.25) is 0 Å². The van der Waals surface area contributed by atoms with Crippen LogP contribution in [0.3, 0.4) is 0 Å². The number of anilines is 2. The van der Waals surface area contributed by atoms with Crippen LogP contribution >= 0.6 is 0 Å². The molecule has 0 aliphatic carbocycles. The Hall–Kier alpha value is -3.95. The van der Waals surface area contributed by atoms with Gasteiger partial charge in [-0.2, -0.15) is 5.10 Å². The second kappa shape index (κ2) is 10.8. The number of aliphatic carboxylic acids is 1. The van der Waals surface area contributed by atoms with Gasteiger partial charge in [0.25, 0.3) is 0 Å². The van der Waals surface area contributed by atoms with E-state index in [9.17, 15) is 19.5 Å². The van der Waals surface area contributed by atoms with Crippen molar-refractivity contribution in [1.29, 1.82) is 0 Å². The Kier molecular flexibility index (Phi) is 7.52. The maximum atomic E-state index is 13.1. The third kappa shape index (κ3) is 6.18. The summed E-state index contributed by atoms with van der Waals surface area (Å²) in [4.78, 5) is 42.9. The molecule has 1 aromatic heterocycles. The fourth-order valence-corrected chi connectivity index (χ4v) is 4.49. The summed E-state index contributed by atoms with van der Waals surface area (Å²) in [6.45, 7) is 5.07. The number of benzene rings is 1. The van der Waals surface area contributed by atoms with Crippen molar-refractivity contribution in [3.63, 3.8) is 0 Å². The molecular weight excluding hydrogens is 460 g/mol. The van der Waals surface area contributed by atoms with Crippen LogP contribution in [0.25, 0.3) is 0 Å². The normalized spacial score (nSPS) is 17.6. The monoisotopic (exact) mass is 492 g/mol. The number of nitrogens with zero attached hydrogens (tertiary/aromatic N) is 4. The van der Waals surface area contributed by atoms with E-state index in [1.165, 1.54) is 0 Å². The minimum atomic E-state index is -0.889. The number of amides is 3. The third-order valence-corrected chi connectivity index (χ3v) is 6.46. The fraction of sp³-hybridized carbons (Fsp3) is 0.423. The van der Waals surface area contributed by atoms with Gasteiger partial charge in [0.15, 0.2) is 0 Å². The predicted octanol–water partition coefficient (Wildman–Crippen LogP) is 3.43. The first kappa shape index (κ1) is 25.2. The molecule has 3 amide bonds. The molecule has 0 bridgehead atoms. The van der Waals surface area contributed by atoms with Crippen LogP contribution in [-0.2, 0) is 16.0 Å². The van der Waals surface area contributed by atoms with E-state index in [1.54, 1.807) is 44.3 Å². The molecule has 3 heterocycles. The number of hydrogen-bond acceptors (Lipinski definition) is 6. The Labute approximate surface area is 210 Å². The molecule has 10 nitrogen and oxygen atoms in total. The van der Waals surface area contributed by atoms with E-state index in [-0.39, 0.29) is 18.4 Å². The van der Waals surface area contributed by atoms with Crippen LogP contribution in [0.1, 0.15) is 38.7 Å². The molecule has 0 saturated carbocycles. The molecule has 190 valence electrons. The number of hydrazone groups is 1. The van der Waals surface area contributed by atoms with Crippen LogP contribution in [-0.4, -0.2) is 69.3 Å². The summed E-state index contributed by atoms with van der Waals surface area (Å²) in [6.07, 6.45) is 4.32. The van der Waals surface area contributed by atoms with Gasteiger partial charge in [0.1, 0.15) is 5.82 Å². The number of pyridine rings is 1. The van der Waals surface area contributed by atoms with E-state index in [0.29, 0.717) is 31.1 Å². The predicted molar refractivity (Wildman–Crippen MR) is 137 cm³/mol. The molecule has 0 spiro atoms. The molecule has 1 saturated heterocycles. The highest BCUT2D eigenvalue weighted by Crippen LogP contribution is 2.26. The Balaban J connectivity index is 1.32. The van der Waals surface area contributed by atoms with Crippen LogP contribution < -0.4 is 10.6 Å². The summed E-state index contributed by atoms with van der Waals surface area (Å²) < 4.78 is 0. The van der Waals surface area contributed by atoms with E-state index in [4.69, 9.17) is 0 Å². The molecule has 36 heavy (non-hydrogen) atoms. The van der Waals surface area contributed by atoms with Crippen molar-refractivity contribution >= 4 is 35.1 Å². The van der Waals surface area contributed by atoms with E-state index in [2.05, 4.69) is 20.7 Å². The summed E-state index contributed by atoms with van der Waals surface area (Å²) in [7, 11) is 0. The van der Waals surface area contributed by atoms with Crippen LogP contribution in [0, 0.1) is 5.41 Å². The lowest BCUT2D eigenvalue weighted by Crippen LogP contribution is -2.41. The van der Waals surface area contributed by atoms with Crippen molar-refractivity contribution in [2.75, 3.05) is 30.3 Å². The number of carboxylic acids is 1. The minimum absolute atomic E-state index is 0.00819. The van der Waals surface area contributed by atoms with Gasteiger partial charge in [-0.05, 0) is 50.5 Å². The second-order valence-electron chi connectivity index (χ2n) is 9.84. The number of carbonyl (C=O) groups is 3. The van der Waals surface area contributed by atoms with Crippen molar-refractivity contribution in [2.45, 2.75) is 45.6 Å². The van der Waals surface area contributed by atoms with Crippen molar-refractivity contribution < 1.29 is 19.5 Å². The number of aromatic nitrogens is 1. The maximum absolute atomic E-state index is 13.1. The first-order valence-corrected chi connectivity index (χ1v) is 12.1. The zero-order valence-electron chi connectivity index (χ0n) is 20.6. The SMILES string of the molecule is CC(C)(CN1CCC(C2CCCN2C(=O)Cc2ccc(NC(=O)Nc3ccccc3)nc2)=N1)C(=O)O. The number of hydrogen-bond donors (Lipinski definition) is 3. The molecule has 2 aliphatic rings. The Morgan fingerprint density at radius 2 is 1.86 bits per heavy atom. The largest absolute Gasteiger partial charge is 0.481 e. The summed E-state index contributed by atoms with van der Waals surface area (Å²) in [5.41, 5.74) is 1.50. The number of urea groups is 1. The van der Waals surface area contributed by atoms with Crippen molar-refractivity contribution in [1.82, 2.24) is 14.9 Å². The van der Waals surface area contributed by atoms with E-state index in [1.807, 2.05) is 28.1 Å². The second-order valence-corrected chi connectivity index (χ2v) is 9.84. The van der Waals surface area contributed by atoms with Gasteiger partial charge < -0.3 is 15.3 Å². The number of para-hydroxylation sites is 1. The molecule has 1 unspecified atom stereocenters. The Morgan fingerprint density at radius 3 is 2.56 bits per heavy atom. The molecule has 3 N–H and O–H groups in total. The van der Waals surface area contributed by atoms with Crippen LogP contribution in [0.4, 0.5) is 16.3 Å². The molecule has 10 heteroatoms. The van der Waals surface area contributed by atoms with Gasteiger partial charge in [-0.15, -0.1) is 0 Å². The molecule has 4 rings (SSSR count). The molecule has 1 atom stereocenters. The lowest BCUT2D eigenvalue weighted by Gasteiger charge is -2.26. The average Bonchev–Trinajstić information content (AvgIpc) is 3.50. The Morgan fingerprint density at radius 1 is 1.08 bits per heavy atom. The number of carboxylic acid groups (broad SMARTS) is 1. The van der Waals surface area contributed by atoms with Gasteiger partial charge in [0, 0.05) is 31.4 Å². The molecular formula is C26H32N6O4. The van der Waals surface area contributed by atoms with Crippen molar-refractivity contribution in [3.05, 3.63) is 54.2 Å². The molecule has 1 fully saturated rings. The third-order valence-electron chi connectivity index (χ3n) is 6.46. The average molecular weight is 493 g/mol. The quantitative estimate of drug-likeness (QED) is 0.518. The van der Waals surface area contributed by atoms with Gasteiger partial charge in [0.2, 0.25) is 5.91 Å². The van der Waals surface area contributed by atoms with Crippen LogP contribution in [0.15, 0.2) is 53.8 Å². The maximum Gasteiger partial charge on any atom is 0.324 e. The number of rotatable bonds is 8. The highest BCUT2D eigenvalue weighted by molar-refractivity contribution is 5.99. The highest BCUT2D eigenvalue weighted by atomic mass is 16.4.